The van der Waals surface area contributed by atoms with Crippen LogP contribution in [0.25, 0.3) is 0 Å². The van der Waals surface area contributed by atoms with Crippen molar-refractivity contribution in [3.8, 4) is 0 Å². The van der Waals surface area contributed by atoms with Crippen LogP contribution in [0.1, 0.15) is 43.0 Å². The van der Waals surface area contributed by atoms with E-state index in [9.17, 15) is 5.21 Å². The van der Waals surface area contributed by atoms with Crippen LogP contribution in [-0.4, -0.2) is 10.9 Å². The first-order valence-electron chi connectivity index (χ1n) is 7.90. The molecule has 1 aliphatic rings. The second-order valence-electron chi connectivity index (χ2n) is 5.83. The van der Waals surface area contributed by atoms with Gasteiger partial charge in [-0.15, -0.1) is 0 Å². The molecule has 0 aliphatic carbocycles. The van der Waals surface area contributed by atoms with E-state index in [2.05, 4.69) is 65.9 Å². The van der Waals surface area contributed by atoms with E-state index in [0.717, 1.165) is 18.6 Å². The molecule has 3 rings (SSSR count). The molecule has 2 aromatic rings. The van der Waals surface area contributed by atoms with E-state index < -0.39 is 0 Å². The number of oxime groups is 1. The first-order chi connectivity index (χ1) is 10.8. The Morgan fingerprint density at radius 1 is 1.00 bits per heavy atom. The van der Waals surface area contributed by atoms with Gasteiger partial charge in [-0.1, -0.05) is 72.7 Å². The molecule has 0 spiro atoms. The molecule has 0 bridgehead atoms. The maximum atomic E-state index is 9.48. The molecule has 0 unspecified atom stereocenters. The summed E-state index contributed by atoms with van der Waals surface area (Å²) in [5, 5.41) is 16.9. The Morgan fingerprint density at radius 3 is 2.14 bits per heavy atom. The van der Waals surface area contributed by atoms with Crippen molar-refractivity contribution in [1.82, 2.24) is 5.32 Å². The molecule has 3 heteroatoms. The lowest BCUT2D eigenvalue weighted by molar-refractivity contribution is 0.287. The summed E-state index contributed by atoms with van der Waals surface area (Å²) in [4.78, 5) is 0. The fourth-order valence-electron chi connectivity index (χ4n) is 3.42. The summed E-state index contributed by atoms with van der Waals surface area (Å²) in [6.45, 7) is 2.15. The van der Waals surface area contributed by atoms with Crippen molar-refractivity contribution in [3.63, 3.8) is 0 Å². The highest BCUT2D eigenvalue weighted by Gasteiger charge is 2.35. The van der Waals surface area contributed by atoms with Crippen molar-refractivity contribution in [2.45, 2.75) is 31.8 Å². The predicted molar refractivity (Wildman–Crippen MR) is 89.1 cm³/mol. The highest BCUT2D eigenvalue weighted by Crippen LogP contribution is 2.36. The number of benzene rings is 2. The fourth-order valence-corrected chi connectivity index (χ4v) is 3.42. The topological polar surface area (TPSA) is 44.6 Å². The van der Waals surface area contributed by atoms with Gasteiger partial charge in [0.1, 0.15) is 0 Å². The van der Waals surface area contributed by atoms with Gasteiger partial charge in [-0.05, 0) is 17.5 Å². The van der Waals surface area contributed by atoms with Crippen LogP contribution in [0.5, 0.6) is 0 Å². The molecule has 1 aliphatic heterocycles. The lowest BCUT2D eigenvalue weighted by atomic mass is 9.79. The average molecular weight is 294 g/mol. The van der Waals surface area contributed by atoms with Gasteiger partial charge in [0.25, 0.3) is 0 Å². The van der Waals surface area contributed by atoms with Crippen LogP contribution in [0.15, 0.2) is 65.8 Å². The van der Waals surface area contributed by atoms with Gasteiger partial charge in [0.15, 0.2) is 0 Å². The minimum absolute atomic E-state index is 0.177. The molecular weight excluding hydrogens is 272 g/mol. The van der Waals surface area contributed by atoms with E-state index in [4.69, 9.17) is 0 Å². The molecule has 1 fully saturated rings. The van der Waals surface area contributed by atoms with Crippen molar-refractivity contribution in [2.24, 2.45) is 11.1 Å². The first-order valence-corrected chi connectivity index (χ1v) is 7.90. The Hall–Kier alpha value is -2.13. The first kappa shape index (κ1) is 14.8. The smallest absolute Gasteiger partial charge is 0.0639 e. The van der Waals surface area contributed by atoms with E-state index in [1.54, 1.807) is 0 Å². The third kappa shape index (κ3) is 2.90. The van der Waals surface area contributed by atoms with Gasteiger partial charge < -0.3 is 10.5 Å². The molecule has 114 valence electrons. The molecule has 0 aromatic heterocycles. The minimum atomic E-state index is 0.177. The summed E-state index contributed by atoms with van der Waals surface area (Å²) in [7, 11) is 0. The van der Waals surface area contributed by atoms with Crippen LogP contribution in [-0.2, 0) is 0 Å². The van der Waals surface area contributed by atoms with Crippen LogP contribution >= 0.6 is 0 Å². The number of nitrogens with one attached hydrogen (secondary N) is 1. The third-order valence-electron chi connectivity index (χ3n) is 4.55. The van der Waals surface area contributed by atoms with Crippen molar-refractivity contribution in [1.29, 1.82) is 0 Å². The molecular formula is C19H22N2O. The Kier molecular flexibility index (Phi) is 4.54. The van der Waals surface area contributed by atoms with Crippen molar-refractivity contribution < 1.29 is 5.21 Å². The average Bonchev–Trinajstić information content (AvgIpc) is 2.62. The number of hydrogen-bond acceptors (Lipinski definition) is 3. The maximum absolute atomic E-state index is 9.48. The second-order valence-corrected chi connectivity index (χ2v) is 5.83. The van der Waals surface area contributed by atoms with Gasteiger partial charge in [-0.2, -0.15) is 0 Å². The largest absolute Gasteiger partial charge is 0.411 e. The molecule has 0 saturated carbocycles. The van der Waals surface area contributed by atoms with E-state index in [0.29, 0.717) is 0 Å². The Morgan fingerprint density at radius 2 is 1.59 bits per heavy atom. The standard InChI is InChI=1S/C19H22N2O/c1-2-16-18(21-22)13-17(14-9-5-3-6-10-14)20-19(16)15-11-7-4-8-12-15/h3-12,16-17,19-20,22H,2,13H2,1H3/b21-18-/t16-,17+,19+/m1/s1. The molecule has 0 radical (unpaired) electrons. The zero-order chi connectivity index (χ0) is 15.4. The normalized spacial score (nSPS) is 27.0. The summed E-state index contributed by atoms with van der Waals surface area (Å²) in [5.74, 6) is 0.229. The van der Waals surface area contributed by atoms with Crippen LogP contribution in [0.2, 0.25) is 0 Å². The van der Waals surface area contributed by atoms with E-state index in [1.165, 1.54) is 11.1 Å². The summed E-state index contributed by atoms with van der Waals surface area (Å²) < 4.78 is 0. The number of rotatable bonds is 3. The van der Waals surface area contributed by atoms with Crippen LogP contribution in [0.4, 0.5) is 0 Å². The van der Waals surface area contributed by atoms with Crippen LogP contribution in [0.3, 0.4) is 0 Å². The fraction of sp³-hybridized carbons (Fsp3) is 0.316. The van der Waals surface area contributed by atoms with Gasteiger partial charge in [0.05, 0.1) is 5.71 Å². The molecule has 3 nitrogen and oxygen atoms in total. The van der Waals surface area contributed by atoms with Crippen LogP contribution in [0, 0.1) is 5.92 Å². The van der Waals surface area contributed by atoms with Gasteiger partial charge in [0.2, 0.25) is 0 Å². The van der Waals surface area contributed by atoms with Gasteiger partial charge in [-0.3, -0.25) is 0 Å². The Balaban J connectivity index is 1.95. The van der Waals surface area contributed by atoms with Crippen LogP contribution < -0.4 is 5.32 Å². The minimum Gasteiger partial charge on any atom is -0.411 e. The summed E-state index contributed by atoms with van der Waals surface area (Å²) >= 11 is 0. The number of hydrogen-bond donors (Lipinski definition) is 2. The summed E-state index contributed by atoms with van der Waals surface area (Å²) in [6.07, 6.45) is 1.70. The lowest BCUT2D eigenvalue weighted by Gasteiger charge is -2.38. The van der Waals surface area contributed by atoms with E-state index in [-0.39, 0.29) is 18.0 Å². The highest BCUT2D eigenvalue weighted by molar-refractivity contribution is 5.88. The summed E-state index contributed by atoms with van der Waals surface area (Å²) in [5.41, 5.74) is 3.37. The Bertz CT molecular complexity index is 624. The van der Waals surface area contributed by atoms with E-state index in [1.807, 2.05) is 12.1 Å². The molecule has 1 saturated heterocycles. The van der Waals surface area contributed by atoms with Gasteiger partial charge in [-0.25, -0.2) is 0 Å². The monoisotopic (exact) mass is 294 g/mol. The van der Waals surface area contributed by atoms with Crippen molar-refractivity contribution in [3.05, 3.63) is 71.8 Å². The molecule has 2 N–H and O–H groups in total. The Labute approximate surface area is 131 Å². The predicted octanol–water partition coefficient (Wildman–Crippen LogP) is 4.32. The number of piperidine rings is 1. The zero-order valence-corrected chi connectivity index (χ0v) is 12.8. The number of nitrogens with zero attached hydrogens (tertiary/aromatic N) is 1. The third-order valence-corrected chi connectivity index (χ3v) is 4.55. The van der Waals surface area contributed by atoms with Crippen molar-refractivity contribution in [2.75, 3.05) is 0 Å². The van der Waals surface area contributed by atoms with E-state index >= 15 is 0 Å². The van der Waals surface area contributed by atoms with Gasteiger partial charge >= 0.3 is 0 Å². The molecule has 22 heavy (non-hydrogen) atoms. The molecule has 0 amide bonds. The zero-order valence-electron chi connectivity index (χ0n) is 12.8. The second kappa shape index (κ2) is 6.75. The molecule has 1 heterocycles. The van der Waals surface area contributed by atoms with Crippen molar-refractivity contribution >= 4 is 5.71 Å². The highest BCUT2D eigenvalue weighted by atomic mass is 16.4. The summed E-state index contributed by atoms with van der Waals surface area (Å²) in [6, 6.07) is 21.2. The molecule has 2 aromatic carbocycles. The van der Waals surface area contributed by atoms with Gasteiger partial charge in [0, 0.05) is 24.4 Å². The maximum Gasteiger partial charge on any atom is 0.0639 e. The quantitative estimate of drug-likeness (QED) is 0.654. The SMILES string of the molecule is CC[C@@H]1/C(=N\O)C[C@@H](c2ccccc2)N[C@H]1c1ccccc1. The lowest BCUT2D eigenvalue weighted by Crippen LogP contribution is -2.42. The molecule has 3 atom stereocenters.